The summed E-state index contributed by atoms with van der Waals surface area (Å²) in [4.78, 5) is 22.8. The smallest absolute Gasteiger partial charge is 0.305 e. The first-order valence-corrected chi connectivity index (χ1v) is 6.91. The van der Waals surface area contributed by atoms with Gasteiger partial charge in [-0.05, 0) is 18.8 Å². The number of carbonyl (C=O) groups excluding carboxylic acids is 1. The zero-order chi connectivity index (χ0) is 14.2. The molecule has 0 aliphatic heterocycles. The molecule has 18 heavy (non-hydrogen) atoms. The first-order chi connectivity index (χ1) is 8.39. The topological polar surface area (TPSA) is 66.4 Å². The summed E-state index contributed by atoms with van der Waals surface area (Å²) in [6.07, 6.45) is 3.85. The molecular formula is C14H27NO3. The van der Waals surface area contributed by atoms with Gasteiger partial charge in [-0.25, -0.2) is 0 Å². The van der Waals surface area contributed by atoms with E-state index in [1.54, 1.807) is 0 Å². The molecule has 2 N–H and O–H groups in total. The van der Waals surface area contributed by atoms with Crippen LogP contribution in [-0.2, 0) is 9.59 Å². The van der Waals surface area contributed by atoms with Crippen molar-refractivity contribution in [1.82, 2.24) is 5.32 Å². The SMILES string of the molecule is CCCC(C)CC(=O)NC(CC)(CC)CC(=O)O. The van der Waals surface area contributed by atoms with E-state index >= 15 is 0 Å². The van der Waals surface area contributed by atoms with Crippen LogP contribution >= 0.6 is 0 Å². The van der Waals surface area contributed by atoms with Crippen LogP contribution in [0.25, 0.3) is 0 Å². The second kappa shape index (κ2) is 8.11. The summed E-state index contributed by atoms with van der Waals surface area (Å²) in [5, 5.41) is 11.9. The Hall–Kier alpha value is -1.06. The van der Waals surface area contributed by atoms with Crippen LogP contribution in [0.2, 0.25) is 0 Å². The van der Waals surface area contributed by atoms with Crippen LogP contribution in [-0.4, -0.2) is 22.5 Å². The lowest BCUT2D eigenvalue weighted by molar-refractivity contribution is -0.139. The summed E-state index contributed by atoms with van der Waals surface area (Å²) in [6, 6.07) is 0. The normalized spacial score (nSPS) is 13.1. The number of nitrogens with one attached hydrogen (secondary N) is 1. The average Bonchev–Trinajstić information content (AvgIpc) is 2.27. The standard InChI is InChI=1S/C14H27NO3/c1-5-8-11(4)9-12(16)15-14(6-2,7-3)10-13(17)18/h11H,5-10H2,1-4H3,(H,15,16)(H,17,18). The highest BCUT2D eigenvalue weighted by Crippen LogP contribution is 2.21. The molecule has 0 saturated heterocycles. The van der Waals surface area contributed by atoms with Crippen molar-refractivity contribution >= 4 is 11.9 Å². The second-order valence-corrected chi connectivity index (χ2v) is 5.20. The Bertz CT molecular complexity index is 272. The maximum atomic E-state index is 11.9. The third kappa shape index (κ3) is 6.03. The lowest BCUT2D eigenvalue weighted by Gasteiger charge is -2.31. The van der Waals surface area contributed by atoms with Crippen molar-refractivity contribution in [2.75, 3.05) is 0 Å². The van der Waals surface area contributed by atoms with Gasteiger partial charge in [0, 0.05) is 12.0 Å². The Morgan fingerprint density at radius 1 is 1.22 bits per heavy atom. The van der Waals surface area contributed by atoms with E-state index in [1.807, 2.05) is 13.8 Å². The Morgan fingerprint density at radius 3 is 2.17 bits per heavy atom. The fraction of sp³-hybridized carbons (Fsp3) is 0.857. The van der Waals surface area contributed by atoms with E-state index in [2.05, 4.69) is 19.2 Å². The predicted molar refractivity (Wildman–Crippen MR) is 72.4 cm³/mol. The lowest BCUT2D eigenvalue weighted by Crippen LogP contribution is -2.49. The number of carbonyl (C=O) groups is 2. The fourth-order valence-electron chi connectivity index (χ4n) is 2.27. The summed E-state index contributed by atoms with van der Waals surface area (Å²) in [6.45, 7) is 7.99. The molecule has 0 aromatic carbocycles. The average molecular weight is 257 g/mol. The van der Waals surface area contributed by atoms with Gasteiger partial charge in [0.15, 0.2) is 0 Å². The molecule has 0 rings (SSSR count). The number of carboxylic acids is 1. The zero-order valence-corrected chi connectivity index (χ0v) is 12.1. The summed E-state index contributed by atoms with van der Waals surface area (Å²) < 4.78 is 0. The Balaban J connectivity index is 4.48. The van der Waals surface area contributed by atoms with Crippen molar-refractivity contribution in [3.05, 3.63) is 0 Å². The van der Waals surface area contributed by atoms with Gasteiger partial charge in [-0.1, -0.05) is 40.5 Å². The number of amides is 1. The van der Waals surface area contributed by atoms with Gasteiger partial charge in [0.2, 0.25) is 5.91 Å². The first-order valence-electron chi connectivity index (χ1n) is 6.91. The van der Waals surface area contributed by atoms with Gasteiger partial charge < -0.3 is 10.4 Å². The van der Waals surface area contributed by atoms with Crippen molar-refractivity contribution in [3.8, 4) is 0 Å². The maximum absolute atomic E-state index is 11.9. The number of carboxylic acid groups (broad SMARTS) is 1. The van der Waals surface area contributed by atoms with Crippen LogP contribution in [0, 0.1) is 5.92 Å². The Kier molecular flexibility index (Phi) is 7.64. The number of hydrogen-bond donors (Lipinski definition) is 2. The molecule has 4 heteroatoms. The largest absolute Gasteiger partial charge is 0.481 e. The second-order valence-electron chi connectivity index (χ2n) is 5.20. The van der Waals surface area contributed by atoms with E-state index in [1.165, 1.54) is 0 Å². The minimum absolute atomic E-state index is 0.00605. The zero-order valence-electron chi connectivity index (χ0n) is 12.1. The molecule has 0 radical (unpaired) electrons. The van der Waals surface area contributed by atoms with Crippen molar-refractivity contribution < 1.29 is 14.7 Å². The highest BCUT2D eigenvalue weighted by Gasteiger charge is 2.31. The molecular weight excluding hydrogens is 230 g/mol. The highest BCUT2D eigenvalue weighted by molar-refractivity contribution is 5.78. The van der Waals surface area contributed by atoms with Crippen LogP contribution in [0.4, 0.5) is 0 Å². The molecule has 1 amide bonds. The van der Waals surface area contributed by atoms with E-state index in [9.17, 15) is 9.59 Å². The quantitative estimate of drug-likeness (QED) is 0.667. The van der Waals surface area contributed by atoms with Crippen LogP contribution in [0.5, 0.6) is 0 Å². The van der Waals surface area contributed by atoms with Crippen LogP contribution < -0.4 is 5.32 Å². The van der Waals surface area contributed by atoms with Gasteiger partial charge in [0.25, 0.3) is 0 Å². The van der Waals surface area contributed by atoms with E-state index in [0.29, 0.717) is 25.2 Å². The molecule has 0 aromatic heterocycles. The van der Waals surface area contributed by atoms with Crippen molar-refractivity contribution in [2.24, 2.45) is 5.92 Å². The molecule has 0 aromatic rings. The van der Waals surface area contributed by atoms with E-state index in [4.69, 9.17) is 5.11 Å². The first kappa shape index (κ1) is 16.9. The molecule has 4 nitrogen and oxygen atoms in total. The van der Waals surface area contributed by atoms with Gasteiger partial charge >= 0.3 is 5.97 Å². The van der Waals surface area contributed by atoms with E-state index in [-0.39, 0.29) is 12.3 Å². The Morgan fingerprint density at radius 2 is 1.78 bits per heavy atom. The fourth-order valence-corrected chi connectivity index (χ4v) is 2.27. The third-order valence-electron chi connectivity index (χ3n) is 3.56. The molecule has 1 unspecified atom stereocenters. The molecule has 0 bridgehead atoms. The minimum Gasteiger partial charge on any atom is -0.481 e. The summed E-state index contributed by atoms with van der Waals surface area (Å²) in [5.74, 6) is -0.534. The molecule has 0 heterocycles. The van der Waals surface area contributed by atoms with Gasteiger partial charge in [-0.15, -0.1) is 0 Å². The van der Waals surface area contributed by atoms with Gasteiger partial charge in [0.1, 0.15) is 0 Å². The maximum Gasteiger partial charge on any atom is 0.305 e. The highest BCUT2D eigenvalue weighted by atomic mass is 16.4. The number of hydrogen-bond acceptors (Lipinski definition) is 2. The molecule has 0 fully saturated rings. The third-order valence-corrected chi connectivity index (χ3v) is 3.56. The lowest BCUT2D eigenvalue weighted by atomic mass is 9.88. The molecule has 1 atom stereocenters. The van der Waals surface area contributed by atoms with Crippen molar-refractivity contribution in [1.29, 1.82) is 0 Å². The van der Waals surface area contributed by atoms with Gasteiger partial charge in [-0.2, -0.15) is 0 Å². The van der Waals surface area contributed by atoms with Crippen LogP contribution in [0.15, 0.2) is 0 Å². The summed E-state index contributed by atoms with van der Waals surface area (Å²) in [7, 11) is 0. The summed E-state index contributed by atoms with van der Waals surface area (Å²) >= 11 is 0. The molecule has 0 aliphatic rings. The number of rotatable bonds is 9. The van der Waals surface area contributed by atoms with Gasteiger partial charge in [0.05, 0.1) is 6.42 Å². The van der Waals surface area contributed by atoms with Crippen LogP contribution in [0.3, 0.4) is 0 Å². The van der Waals surface area contributed by atoms with Crippen molar-refractivity contribution in [3.63, 3.8) is 0 Å². The summed E-state index contributed by atoms with van der Waals surface area (Å²) in [5.41, 5.74) is -0.588. The molecule has 106 valence electrons. The Labute approximate surface area is 110 Å². The van der Waals surface area contributed by atoms with E-state index in [0.717, 1.165) is 12.8 Å². The molecule has 0 spiro atoms. The monoisotopic (exact) mass is 257 g/mol. The van der Waals surface area contributed by atoms with Crippen molar-refractivity contribution in [2.45, 2.75) is 71.8 Å². The van der Waals surface area contributed by atoms with Gasteiger partial charge in [-0.3, -0.25) is 9.59 Å². The van der Waals surface area contributed by atoms with E-state index < -0.39 is 11.5 Å². The number of aliphatic carboxylic acids is 1. The minimum atomic E-state index is -0.861. The van der Waals surface area contributed by atoms with Crippen LogP contribution in [0.1, 0.15) is 66.2 Å². The predicted octanol–water partition coefficient (Wildman–Crippen LogP) is 2.96. The molecule has 0 saturated carbocycles. The molecule has 0 aliphatic carbocycles.